The molecule has 0 saturated carbocycles. The first-order valence-electron chi connectivity index (χ1n) is 5.79. The summed E-state index contributed by atoms with van der Waals surface area (Å²) < 4.78 is 15.8. The Hall–Kier alpha value is -1.40. The maximum absolute atomic E-state index is 11.4. The van der Waals surface area contributed by atoms with Gasteiger partial charge < -0.3 is 19.9 Å². The monoisotopic (exact) mass is 285 g/mol. The molecule has 1 unspecified atom stereocenters. The normalized spacial score (nSPS) is 11.9. The van der Waals surface area contributed by atoms with Gasteiger partial charge in [0.2, 0.25) is 0 Å². The summed E-state index contributed by atoms with van der Waals surface area (Å²) in [6, 6.07) is 4.96. The number of hydrogen-bond donors (Lipinski definition) is 1. The van der Waals surface area contributed by atoms with Crippen LogP contribution >= 0.6 is 11.8 Å². The van der Waals surface area contributed by atoms with E-state index in [0.29, 0.717) is 17.1 Å². The number of nitrogens with two attached hydrogens (primary N) is 1. The van der Waals surface area contributed by atoms with Gasteiger partial charge in [0.1, 0.15) is 17.6 Å². The summed E-state index contributed by atoms with van der Waals surface area (Å²) >= 11 is 1.68. The fourth-order valence-electron chi connectivity index (χ4n) is 1.51. The minimum Gasteiger partial charge on any atom is -0.489 e. The average Bonchev–Trinajstić information content (AvgIpc) is 2.37. The van der Waals surface area contributed by atoms with Crippen molar-refractivity contribution in [2.45, 2.75) is 13.0 Å². The van der Waals surface area contributed by atoms with E-state index in [1.807, 2.05) is 13.2 Å². The number of primary amides is 1. The topological polar surface area (TPSA) is 70.8 Å². The van der Waals surface area contributed by atoms with Crippen LogP contribution in [0.4, 0.5) is 0 Å². The highest BCUT2D eigenvalue weighted by Crippen LogP contribution is 2.25. The van der Waals surface area contributed by atoms with Crippen LogP contribution in [-0.4, -0.2) is 37.9 Å². The first kappa shape index (κ1) is 15.7. The molecular formula is C13H19NO4S. The standard InChI is InChI=1S/C13H19NO4S/c1-9(7-19-3)18-12-5-4-10(17-8-16-2)6-11(12)13(14)15/h4-6,9H,7-8H2,1-3H3,(H2,14,15). The van der Waals surface area contributed by atoms with E-state index in [0.717, 1.165) is 5.75 Å². The summed E-state index contributed by atoms with van der Waals surface area (Å²) in [6.45, 7) is 2.05. The van der Waals surface area contributed by atoms with Gasteiger partial charge in [-0.05, 0) is 31.4 Å². The summed E-state index contributed by atoms with van der Waals surface area (Å²) in [7, 11) is 1.52. The van der Waals surface area contributed by atoms with Gasteiger partial charge in [-0.3, -0.25) is 4.79 Å². The second-order valence-electron chi connectivity index (χ2n) is 3.96. The van der Waals surface area contributed by atoms with Crippen molar-refractivity contribution >= 4 is 17.7 Å². The maximum atomic E-state index is 11.4. The number of amides is 1. The molecule has 0 aliphatic rings. The van der Waals surface area contributed by atoms with Gasteiger partial charge in [0.25, 0.3) is 5.91 Å². The quantitative estimate of drug-likeness (QED) is 0.739. The number of ether oxygens (including phenoxy) is 3. The average molecular weight is 285 g/mol. The van der Waals surface area contributed by atoms with Gasteiger partial charge in [0.05, 0.1) is 5.56 Å². The fraction of sp³-hybridized carbons (Fsp3) is 0.462. The molecule has 0 aromatic heterocycles. The van der Waals surface area contributed by atoms with Crippen LogP contribution in [0.2, 0.25) is 0 Å². The van der Waals surface area contributed by atoms with Gasteiger partial charge in [-0.15, -0.1) is 0 Å². The molecule has 6 heteroatoms. The van der Waals surface area contributed by atoms with Crippen molar-refractivity contribution in [3.63, 3.8) is 0 Å². The van der Waals surface area contributed by atoms with E-state index in [4.69, 9.17) is 19.9 Å². The van der Waals surface area contributed by atoms with E-state index in [1.54, 1.807) is 30.0 Å². The lowest BCUT2D eigenvalue weighted by molar-refractivity contribution is 0.0509. The molecule has 2 N–H and O–H groups in total. The molecule has 0 radical (unpaired) electrons. The van der Waals surface area contributed by atoms with Gasteiger partial charge in [0, 0.05) is 12.9 Å². The lowest BCUT2D eigenvalue weighted by Crippen LogP contribution is -2.19. The van der Waals surface area contributed by atoms with Crippen molar-refractivity contribution in [3.8, 4) is 11.5 Å². The van der Waals surface area contributed by atoms with Crippen molar-refractivity contribution in [1.82, 2.24) is 0 Å². The Morgan fingerprint density at radius 3 is 2.79 bits per heavy atom. The highest BCUT2D eigenvalue weighted by molar-refractivity contribution is 7.98. The lowest BCUT2D eigenvalue weighted by Gasteiger charge is -2.16. The van der Waals surface area contributed by atoms with Crippen molar-refractivity contribution in [3.05, 3.63) is 23.8 Å². The van der Waals surface area contributed by atoms with Crippen molar-refractivity contribution in [2.24, 2.45) is 5.73 Å². The maximum Gasteiger partial charge on any atom is 0.252 e. The molecule has 1 amide bonds. The molecule has 1 aromatic carbocycles. The highest BCUT2D eigenvalue weighted by Gasteiger charge is 2.13. The summed E-state index contributed by atoms with van der Waals surface area (Å²) in [5, 5.41) is 0. The third-order valence-corrected chi connectivity index (χ3v) is 3.09. The number of rotatable bonds is 8. The Labute approximate surface area is 117 Å². The number of carbonyl (C=O) groups excluding carboxylic acids is 1. The first-order valence-corrected chi connectivity index (χ1v) is 7.19. The Morgan fingerprint density at radius 1 is 1.47 bits per heavy atom. The second-order valence-corrected chi connectivity index (χ2v) is 4.87. The van der Waals surface area contributed by atoms with Gasteiger partial charge >= 0.3 is 0 Å². The molecule has 0 aliphatic carbocycles. The van der Waals surface area contributed by atoms with E-state index in [9.17, 15) is 4.79 Å². The van der Waals surface area contributed by atoms with Gasteiger partial charge in [-0.25, -0.2) is 0 Å². The number of thioether (sulfide) groups is 1. The zero-order valence-electron chi connectivity index (χ0n) is 11.3. The SMILES string of the molecule is COCOc1ccc(OC(C)CSC)c(C(N)=O)c1. The number of hydrogen-bond acceptors (Lipinski definition) is 5. The van der Waals surface area contributed by atoms with Crippen molar-refractivity contribution in [2.75, 3.05) is 25.9 Å². The predicted molar refractivity (Wildman–Crippen MR) is 75.9 cm³/mol. The molecule has 0 aliphatic heterocycles. The third-order valence-electron chi connectivity index (χ3n) is 2.29. The molecule has 0 saturated heterocycles. The highest BCUT2D eigenvalue weighted by atomic mass is 32.2. The molecule has 5 nitrogen and oxygen atoms in total. The van der Waals surface area contributed by atoms with Gasteiger partial charge in [-0.2, -0.15) is 11.8 Å². The Balaban J connectivity index is 2.88. The molecule has 1 atom stereocenters. The lowest BCUT2D eigenvalue weighted by atomic mass is 10.2. The first-order chi connectivity index (χ1) is 9.08. The fourth-order valence-corrected chi connectivity index (χ4v) is 2.04. The molecule has 0 bridgehead atoms. The van der Waals surface area contributed by atoms with Gasteiger partial charge in [0.15, 0.2) is 6.79 Å². The van der Waals surface area contributed by atoms with Crippen LogP contribution in [0.1, 0.15) is 17.3 Å². The van der Waals surface area contributed by atoms with E-state index < -0.39 is 5.91 Å². The largest absolute Gasteiger partial charge is 0.489 e. The van der Waals surface area contributed by atoms with Gasteiger partial charge in [-0.1, -0.05) is 0 Å². The summed E-state index contributed by atoms with van der Waals surface area (Å²) in [6.07, 6.45) is 2.00. The zero-order valence-corrected chi connectivity index (χ0v) is 12.2. The van der Waals surface area contributed by atoms with E-state index in [2.05, 4.69) is 0 Å². The van der Waals surface area contributed by atoms with E-state index in [1.165, 1.54) is 7.11 Å². The molecular weight excluding hydrogens is 266 g/mol. The summed E-state index contributed by atoms with van der Waals surface area (Å²) in [5.74, 6) is 1.27. The van der Waals surface area contributed by atoms with E-state index in [-0.39, 0.29) is 12.9 Å². The van der Waals surface area contributed by atoms with Crippen LogP contribution in [0.5, 0.6) is 11.5 Å². The predicted octanol–water partition coefficient (Wildman–Crippen LogP) is 1.90. The summed E-state index contributed by atoms with van der Waals surface area (Å²) in [4.78, 5) is 11.4. The zero-order chi connectivity index (χ0) is 14.3. The van der Waals surface area contributed by atoms with Crippen LogP contribution in [-0.2, 0) is 4.74 Å². The smallest absolute Gasteiger partial charge is 0.252 e. The molecule has 1 aromatic rings. The van der Waals surface area contributed by atoms with Crippen LogP contribution < -0.4 is 15.2 Å². The Bertz CT molecular complexity index is 425. The van der Waals surface area contributed by atoms with Crippen molar-refractivity contribution in [1.29, 1.82) is 0 Å². The van der Waals surface area contributed by atoms with Crippen molar-refractivity contribution < 1.29 is 19.0 Å². The molecule has 0 fully saturated rings. The molecule has 19 heavy (non-hydrogen) atoms. The number of carbonyl (C=O) groups is 1. The number of benzene rings is 1. The molecule has 1 rings (SSSR count). The number of methoxy groups -OCH3 is 1. The Kier molecular flexibility index (Phi) is 6.52. The van der Waals surface area contributed by atoms with Crippen LogP contribution in [0.3, 0.4) is 0 Å². The third kappa shape index (κ3) is 5.00. The minimum atomic E-state index is -0.547. The van der Waals surface area contributed by atoms with Crippen LogP contribution in [0.15, 0.2) is 18.2 Å². The molecule has 0 heterocycles. The van der Waals surface area contributed by atoms with E-state index >= 15 is 0 Å². The minimum absolute atomic E-state index is 0.00107. The second kappa shape index (κ2) is 7.91. The molecule has 106 valence electrons. The summed E-state index contributed by atoms with van der Waals surface area (Å²) in [5.41, 5.74) is 5.66. The Morgan fingerprint density at radius 2 is 2.21 bits per heavy atom. The van der Waals surface area contributed by atoms with Crippen LogP contribution in [0, 0.1) is 0 Å². The van der Waals surface area contributed by atoms with Crippen LogP contribution in [0.25, 0.3) is 0 Å². The molecule has 0 spiro atoms.